The number of carbonyl (C=O) groups excluding carboxylic acids is 4. The van der Waals surface area contributed by atoms with Gasteiger partial charge in [-0.15, -0.1) is 11.3 Å². The SMILES string of the molecule is CC[C@H](C)[C@@H]([C@@H](CC(=O)N1CCC[C@H]1[C@H](OC)[C@@H](C)C(=O)N[C@@H](Cc1ccccc1)c1nccs1)OC)N(C)C(=O)[C@@H](NC(=O)[C@H](C(C)C)N(C)C(C)(C)S)[C@@H](C)CC. The van der Waals surface area contributed by atoms with Gasteiger partial charge in [0.15, 0.2) is 0 Å². The number of hydrogen-bond donors (Lipinski definition) is 3. The Balaban J connectivity index is 1.82. The number of carbonyl (C=O) groups is 4. The molecule has 12 nitrogen and oxygen atoms in total. The fourth-order valence-corrected chi connectivity index (χ4v) is 9.29. The average molecular weight is 859 g/mol. The zero-order valence-corrected chi connectivity index (χ0v) is 39.6. The predicted molar refractivity (Wildman–Crippen MR) is 240 cm³/mol. The highest BCUT2D eigenvalue weighted by Crippen LogP contribution is 2.31. The second-order valence-electron chi connectivity index (χ2n) is 17.4. The summed E-state index contributed by atoms with van der Waals surface area (Å²) in [6, 6.07) is 7.64. The van der Waals surface area contributed by atoms with E-state index in [4.69, 9.17) is 22.1 Å². The molecule has 1 aliphatic heterocycles. The highest BCUT2D eigenvalue weighted by atomic mass is 32.1. The number of likely N-dealkylation sites (N-methyl/N-ethyl adjacent to an activating group) is 2. The van der Waals surface area contributed by atoms with Crippen LogP contribution in [-0.2, 0) is 35.1 Å². The van der Waals surface area contributed by atoms with E-state index in [0.717, 1.165) is 23.4 Å². The van der Waals surface area contributed by atoms with Gasteiger partial charge < -0.3 is 29.9 Å². The maximum atomic E-state index is 14.6. The van der Waals surface area contributed by atoms with Crippen LogP contribution in [0.4, 0.5) is 0 Å². The fraction of sp³-hybridized carbons (Fsp3) is 0.711. The third-order valence-electron chi connectivity index (χ3n) is 12.6. The van der Waals surface area contributed by atoms with Crippen LogP contribution < -0.4 is 10.6 Å². The summed E-state index contributed by atoms with van der Waals surface area (Å²) < 4.78 is 12.2. The van der Waals surface area contributed by atoms with Crippen LogP contribution in [0.2, 0.25) is 0 Å². The molecule has 0 spiro atoms. The summed E-state index contributed by atoms with van der Waals surface area (Å²) >= 11 is 6.24. The van der Waals surface area contributed by atoms with Crippen molar-refractivity contribution in [2.75, 3.05) is 34.9 Å². The molecule has 332 valence electrons. The number of aromatic nitrogens is 1. The molecule has 2 heterocycles. The van der Waals surface area contributed by atoms with Crippen LogP contribution in [0.15, 0.2) is 41.9 Å². The van der Waals surface area contributed by atoms with E-state index in [1.807, 2.05) is 101 Å². The topological polar surface area (TPSA) is 133 Å². The molecular weight excluding hydrogens is 785 g/mol. The van der Waals surface area contributed by atoms with E-state index in [-0.39, 0.29) is 59.9 Å². The lowest BCUT2D eigenvalue weighted by Crippen LogP contribution is -2.61. The quantitative estimate of drug-likeness (QED) is 0.0840. The molecule has 1 aromatic carbocycles. The minimum Gasteiger partial charge on any atom is -0.379 e. The molecule has 0 unspecified atom stereocenters. The minimum absolute atomic E-state index is 0.0269. The highest BCUT2D eigenvalue weighted by molar-refractivity contribution is 7.81. The smallest absolute Gasteiger partial charge is 0.245 e. The van der Waals surface area contributed by atoms with Gasteiger partial charge in [0.05, 0.1) is 53.6 Å². The van der Waals surface area contributed by atoms with Gasteiger partial charge in [0.1, 0.15) is 11.0 Å². The van der Waals surface area contributed by atoms with Crippen molar-refractivity contribution >= 4 is 47.6 Å². The molecular formula is C45H74N6O6S2. The van der Waals surface area contributed by atoms with Crippen molar-refractivity contribution in [2.24, 2.45) is 23.7 Å². The number of nitrogens with zero attached hydrogens (tertiary/aromatic N) is 4. The molecule has 2 aromatic rings. The maximum Gasteiger partial charge on any atom is 0.245 e. The molecule has 10 atom stereocenters. The monoisotopic (exact) mass is 859 g/mol. The summed E-state index contributed by atoms with van der Waals surface area (Å²) in [7, 11) is 6.82. The zero-order valence-electron chi connectivity index (χ0n) is 37.9. The van der Waals surface area contributed by atoms with Gasteiger partial charge in [0.2, 0.25) is 23.6 Å². The predicted octanol–water partition coefficient (Wildman–Crippen LogP) is 6.62. The van der Waals surface area contributed by atoms with Gasteiger partial charge >= 0.3 is 0 Å². The van der Waals surface area contributed by atoms with Crippen LogP contribution in [0.1, 0.15) is 111 Å². The first-order chi connectivity index (χ1) is 27.8. The first-order valence-electron chi connectivity index (χ1n) is 21.4. The van der Waals surface area contributed by atoms with Crippen molar-refractivity contribution < 1.29 is 28.7 Å². The average Bonchev–Trinajstić information content (AvgIpc) is 3.92. The summed E-state index contributed by atoms with van der Waals surface area (Å²) in [4.78, 5) is 66.4. The molecule has 4 amide bonds. The Kier molecular flexibility index (Phi) is 19.8. The molecule has 14 heteroatoms. The number of ether oxygens (including phenoxy) is 2. The number of methoxy groups -OCH3 is 2. The number of thiol groups is 1. The third-order valence-corrected chi connectivity index (χ3v) is 13.8. The highest BCUT2D eigenvalue weighted by Gasteiger charge is 2.44. The summed E-state index contributed by atoms with van der Waals surface area (Å²) in [5, 5.41) is 9.12. The van der Waals surface area contributed by atoms with E-state index in [2.05, 4.69) is 29.5 Å². The number of nitrogens with one attached hydrogen (secondary N) is 2. The van der Waals surface area contributed by atoms with Crippen LogP contribution in [0.5, 0.6) is 0 Å². The molecule has 0 aliphatic carbocycles. The Labute approximate surface area is 364 Å². The van der Waals surface area contributed by atoms with Crippen LogP contribution in [0.3, 0.4) is 0 Å². The van der Waals surface area contributed by atoms with Crippen LogP contribution in [0.25, 0.3) is 0 Å². The van der Waals surface area contributed by atoms with E-state index in [1.54, 1.807) is 32.4 Å². The normalized spacial score (nSPS) is 19.3. The van der Waals surface area contributed by atoms with E-state index in [0.29, 0.717) is 25.8 Å². The number of likely N-dealkylation sites (tertiary alicyclic amines) is 1. The van der Waals surface area contributed by atoms with Crippen LogP contribution >= 0.6 is 24.0 Å². The Morgan fingerprint density at radius 2 is 1.61 bits per heavy atom. The van der Waals surface area contributed by atoms with E-state index < -0.39 is 41.1 Å². The lowest BCUT2D eigenvalue weighted by Gasteiger charge is -2.42. The number of amides is 4. The van der Waals surface area contributed by atoms with Gasteiger partial charge in [-0.25, -0.2) is 4.98 Å². The first-order valence-corrected chi connectivity index (χ1v) is 22.8. The second kappa shape index (κ2) is 23.3. The molecule has 1 aromatic heterocycles. The lowest BCUT2D eigenvalue weighted by atomic mass is 9.88. The number of benzene rings is 1. The molecule has 0 bridgehead atoms. The standard InChI is InChI=1S/C45H74N6O6S2/c1-14-29(5)37(48-42(54)38(28(3)4)50(11)45(8,9)58)44(55)49(10)39(30(6)15-2)35(56-12)27-36(52)51-24-19-22-34(51)40(57-13)31(7)41(53)47-33(43-46-23-25-59-43)26-32-20-17-16-18-21-32/h16-18,20-21,23,25,28-31,33-35,37-40,58H,14-15,19,22,24,26-27H2,1-13H3,(H,47,53)(H,48,54)/t29-,30-,31+,33-,34-,35+,37-,38-,39-,40+/m0/s1. The largest absolute Gasteiger partial charge is 0.379 e. The molecule has 0 radical (unpaired) electrons. The number of rotatable bonds is 23. The lowest BCUT2D eigenvalue weighted by molar-refractivity contribution is -0.148. The Hall–Kier alpha value is -3.04. The molecule has 1 fully saturated rings. The Morgan fingerprint density at radius 1 is 0.966 bits per heavy atom. The van der Waals surface area contributed by atoms with Gasteiger partial charge in [-0.2, -0.15) is 12.6 Å². The van der Waals surface area contributed by atoms with Crippen molar-refractivity contribution in [1.29, 1.82) is 0 Å². The Bertz CT molecular complexity index is 1610. The van der Waals surface area contributed by atoms with Crippen molar-refractivity contribution in [1.82, 2.24) is 30.3 Å². The first kappa shape index (κ1) is 50.3. The van der Waals surface area contributed by atoms with E-state index >= 15 is 0 Å². The number of hydrogen-bond acceptors (Lipinski definition) is 10. The van der Waals surface area contributed by atoms with Crippen molar-refractivity contribution in [3.8, 4) is 0 Å². The molecule has 59 heavy (non-hydrogen) atoms. The third kappa shape index (κ3) is 13.2. The Morgan fingerprint density at radius 3 is 2.14 bits per heavy atom. The second-order valence-corrected chi connectivity index (χ2v) is 19.4. The van der Waals surface area contributed by atoms with Crippen molar-refractivity contribution in [2.45, 2.75) is 148 Å². The fourth-order valence-electron chi connectivity index (χ4n) is 8.47. The molecule has 1 saturated heterocycles. The summed E-state index contributed by atoms with van der Waals surface area (Å²) in [6.07, 6.45) is 4.10. The molecule has 3 rings (SSSR count). The zero-order chi connectivity index (χ0) is 44.2. The molecule has 1 aliphatic rings. The molecule has 0 saturated carbocycles. The van der Waals surface area contributed by atoms with E-state index in [1.165, 1.54) is 11.3 Å². The summed E-state index contributed by atoms with van der Waals surface area (Å²) in [6.45, 7) is 18.4. The van der Waals surface area contributed by atoms with E-state index in [9.17, 15) is 19.2 Å². The molecule has 2 N–H and O–H groups in total. The van der Waals surface area contributed by atoms with Crippen molar-refractivity contribution in [3.05, 3.63) is 52.5 Å². The van der Waals surface area contributed by atoms with Crippen LogP contribution in [0, 0.1) is 23.7 Å². The number of thiazole rings is 1. The maximum absolute atomic E-state index is 14.6. The van der Waals surface area contributed by atoms with Gasteiger partial charge in [-0.3, -0.25) is 24.1 Å². The summed E-state index contributed by atoms with van der Waals surface area (Å²) in [5.41, 5.74) is 1.09. The van der Waals surface area contributed by atoms with Gasteiger partial charge in [-0.1, -0.05) is 91.6 Å². The van der Waals surface area contributed by atoms with Gasteiger partial charge in [-0.05, 0) is 63.5 Å². The van der Waals surface area contributed by atoms with Gasteiger partial charge in [0, 0.05) is 39.4 Å². The van der Waals surface area contributed by atoms with Gasteiger partial charge in [0.25, 0.3) is 0 Å². The summed E-state index contributed by atoms with van der Waals surface area (Å²) in [5.74, 6) is -1.49. The minimum atomic E-state index is -0.782. The van der Waals surface area contributed by atoms with Crippen molar-refractivity contribution in [3.63, 3.8) is 0 Å². The van der Waals surface area contributed by atoms with Crippen LogP contribution in [-0.4, -0.2) is 119 Å².